The first kappa shape index (κ1) is 25.8. The molecule has 2 saturated heterocycles. The summed E-state index contributed by atoms with van der Waals surface area (Å²) in [5, 5.41) is 12.5. The summed E-state index contributed by atoms with van der Waals surface area (Å²) in [7, 11) is 1.72. The topological polar surface area (TPSA) is 90.4 Å². The Morgan fingerprint density at radius 2 is 1.77 bits per heavy atom. The van der Waals surface area contributed by atoms with Crippen LogP contribution in [0.5, 0.6) is 0 Å². The van der Waals surface area contributed by atoms with Crippen molar-refractivity contribution in [3.05, 3.63) is 66.8 Å². The van der Waals surface area contributed by atoms with Crippen molar-refractivity contribution in [2.75, 3.05) is 31.6 Å². The molecular weight excluding hydrogens is 494 g/mol. The molecule has 6 rings (SSSR count). The SMILES string of the molecule is CC(C)C[C@H](CO)N1C(=O)[C@@H]2[C@H]3C(=O)N(C)CC=C[C@H]3O[C@@]23C=CCN(c2ccc4ccccc4c2)C(=O)C13. The first-order chi connectivity index (χ1) is 18.8. The Morgan fingerprint density at radius 3 is 2.51 bits per heavy atom. The smallest absolute Gasteiger partial charge is 0.253 e. The molecule has 3 amide bonds. The van der Waals surface area contributed by atoms with Crippen molar-refractivity contribution in [3.63, 3.8) is 0 Å². The van der Waals surface area contributed by atoms with Crippen LogP contribution in [0, 0.1) is 17.8 Å². The van der Waals surface area contributed by atoms with Gasteiger partial charge in [-0.3, -0.25) is 14.4 Å². The van der Waals surface area contributed by atoms with Crippen LogP contribution in [-0.2, 0) is 19.1 Å². The number of fused-ring (bicyclic) bond motifs is 3. The molecule has 2 aromatic carbocycles. The van der Waals surface area contributed by atoms with Gasteiger partial charge in [0.2, 0.25) is 11.8 Å². The molecule has 1 unspecified atom stereocenters. The first-order valence-corrected chi connectivity index (χ1v) is 13.8. The van der Waals surface area contributed by atoms with E-state index in [1.165, 1.54) is 0 Å². The summed E-state index contributed by atoms with van der Waals surface area (Å²) in [6, 6.07) is 12.3. The highest BCUT2D eigenvalue weighted by atomic mass is 16.5. The lowest BCUT2D eigenvalue weighted by atomic mass is 9.77. The number of hydrogen-bond donors (Lipinski definition) is 1. The van der Waals surface area contributed by atoms with E-state index in [1.54, 1.807) is 21.7 Å². The number of aliphatic hydroxyl groups excluding tert-OH is 1. The Labute approximate surface area is 228 Å². The highest BCUT2D eigenvalue weighted by Gasteiger charge is 2.72. The summed E-state index contributed by atoms with van der Waals surface area (Å²) in [5.41, 5.74) is -0.582. The van der Waals surface area contributed by atoms with Gasteiger partial charge in [0.1, 0.15) is 11.6 Å². The van der Waals surface area contributed by atoms with Crippen molar-refractivity contribution in [3.8, 4) is 0 Å². The van der Waals surface area contributed by atoms with Gasteiger partial charge in [-0.15, -0.1) is 0 Å². The minimum atomic E-state index is -1.31. The average Bonchev–Trinajstić information content (AvgIpc) is 3.25. The largest absolute Gasteiger partial charge is 0.394 e. The third kappa shape index (κ3) is 3.92. The van der Waals surface area contributed by atoms with Crippen LogP contribution in [0.25, 0.3) is 10.8 Å². The molecule has 4 heterocycles. The Hall–Kier alpha value is -3.49. The fourth-order valence-electron chi connectivity index (χ4n) is 6.99. The summed E-state index contributed by atoms with van der Waals surface area (Å²) in [4.78, 5) is 47.4. The van der Waals surface area contributed by atoms with Gasteiger partial charge in [-0.2, -0.15) is 0 Å². The first-order valence-electron chi connectivity index (χ1n) is 13.8. The molecule has 0 bridgehead atoms. The Morgan fingerprint density at radius 1 is 1.00 bits per heavy atom. The molecule has 0 saturated carbocycles. The molecule has 6 atom stereocenters. The van der Waals surface area contributed by atoms with E-state index in [0.717, 1.165) is 16.5 Å². The number of carbonyl (C=O) groups excluding carboxylic acids is 3. The van der Waals surface area contributed by atoms with Crippen LogP contribution in [0.15, 0.2) is 66.8 Å². The van der Waals surface area contributed by atoms with E-state index in [4.69, 9.17) is 4.74 Å². The van der Waals surface area contributed by atoms with E-state index in [0.29, 0.717) is 19.5 Å². The minimum absolute atomic E-state index is 0.165. The zero-order valence-corrected chi connectivity index (χ0v) is 22.6. The maximum Gasteiger partial charge on any atom is 0.253 e. The van der Waals surface area contributed by atoms with Crippen LogP contribution >= 0.6 is 0 Å². The van der Waals surface area contributed by atoms with Gasteiger partial charge in [0.05, 0.1) is 30.6 Å². The van der Waals surface area contributed by atoms with Crippen LogP contribution in [-0.4, -0.2) is 83.2 Å². The molecule has 204 valence electrons. The van der Waals surface area contributed by atoms with Crippen LogP contribution in [0.1, 0.15) is 20.3 Å². The number of benzene rings is 2. The number of aliphatic hydroxyl groups is 1. The van der Waals surface area contributed by atoms with Crippen molar-refractivity contribution in [2.24, 2.45) is 17.8 Å². The van der Waals surface area contributed by atoms with Gasteiger partial charge in [-0.05, 0) is 35.2 Å². The summed E-state index contributed by atoms with van der Waals surface area (Å²) < 4.78 is 6.67. The molecule has 0 radical (unpaired) electrons. The molecule has 8 heteroatoms. The van der Waals surface area contributed by atoms with E-state index in [-0.39, 0.29) is 30.2 Å². The normalized spacial score (nSPS) is 31.0. The number of likely N-dealkylation sites (tertiary alicyclic amines) is 1. The summed E-state index contributed by atoms with van der Waals surface area (Å²) in [6.07, 6.45) is 7.39. The summed E-state index contributed by atoms with van der Waals surface area (Å²) in [5.74, 6) is -2.15. The molecule has 2 fully saturated rings. The highest BCUT2D eigenvalue weighted by molar-refractivity contribution is 6.06. The molecule has 1 N–H and O–H groups in total. The van der Waals surface area contributed by atoms with Crippen molar-refractivity contribution in [1.82, 2.24) is 9.80 Å². The number of carbonyl (C=O) groups is 3. The van der Waals surface area contributed by atoms with Crippen LogP contribution in [0.4, 0.5) is 5.69 Å². The van der Waals surface area contributed by atoms with Gasteiger partial charge in [-0.25, -0.2) is 0 Å². The van der Waals surface area contributed by atoms with Crippen LogP contribution in [0.2, 0.25) is 0 Å². The van der Waals surface area contributed by atoms with Gasteiger partial charge < -0.3 is 24.5 Å². The van der Waals surface area contributed by atoms with Crippen molar-refractivity contribution < 1.29 is 24.2 Å². The molecule has 1 spiro atoms. The van der Waals surface area contributed by atoms with E-state index < -0.39 is 35.6 Å². The zero-order valence-electron chi connectivity index (χ0n) is 22.6. The fraction of sp³-hybridized carbons (Fsp3) is 0.452. The monoisotopic (exact) mass is 529 g/mol. The second kappa shape index (κ2) is 9.61. The van der Waals surface area contributed by atoms with E-state index in [1.807, 2.05) is 80.6 Å². The number of likely N-dealkylation sites (N-methyl/N-ethyl adjacent to an activating group) is 1. The molecule has 8 nitrogen and oxygen atoms in total. The molecule has 2 aromatic rings. The molecule has 0 aliphatic carbocycles. The quantitative estimate of drug-likeness (QED) is 0.602. The second-order valence-electron chi connectivity index (χ2n) is 11.6. The van der Waals surface area contributed by atoms with E-state index >= 15 is 0 Å². The Bertz CT molecular complexity index is 1390. The number of rotatable bonds is 5. The Kier molecular flexibility index (Phi) is 6.35. The highest BCUT2D eigenvalue weighted by Crippen LogP contribution is 2.54. The lowest BCUT2D eigenvalue weighted by Crippen LogP contribution is -2.58. The Balaban J connectivity index is 1.48. The second-order valence-corrected chi connectivity index (χ2v) is 11.6. The molecule has 4 aliphatic heterocycles. The minimum Gasteiger partial charge on any atom is -0.394 e. The number of ether oxygens (including phenoxy) is 1. The third-order valence-electron chi connectivity index (χ3n) is 8.69. The number of anilines is 1. The molecule has 4 aliphatic rings. The van der Waals surface area contributed by atoms with Crippen molar-refractivity contribution in [1.29, 1.82) is 0 Å². The molecule has 0 aromatic heterocycles. The van der Waals surface area contributed by atoms with Crippen LogP contribution < -0.4 is 4.90 Å². The standard InChI is InChI=1S/C31H35N3O5/c1-19(2)16-23(18-35)34-27-30(38)33(22-12-11-20-8-4-5-9-21(20)17-22)15-7-13-31(27)26(29(34)37)25-24(39-31)10-6-14-32(3)28(25)36/h4-13,17,19,23-27,35H,14-16,18H2,1-3H3/t23-,24-,25+,26+,27?,31+/m1/s1. The fourth-order valence-corrected chi connectivity index (χ4v) is 6.99. The van der Waals surface area contributed by atoms with Gasteiger partial charge in [0.15, 0.2) is 0 Å². The van der Waals surface area contributed by atoms with Gasteiger partial charge in [0, 0.05) is 25.8 Å². The number of amides is 3. The predicted molar refractivity (Wildman–Crippen MR) is 148 cm³/mol. The van der Waals surface area contributed by atoms with Gasteiger partial charge in [0.25, 0.3) is 5.91 Å². The van der Waals surface area contributed by atoms with Gasteiger partial charge in [-0.1, -0.05) is 68.5 Å². The van der Waals surface area contributed by atoms with Crippen molar-refractivity contribution >= 4 is 34.2 Å². The number of hydrogen-bond acceptors (Lipinski definition) is 5. The van der Waals surface area contributed by atoms with Crippen molar-refractivity contribution in [2.45, 2.75) is 44.1 Å². The lowest BCUT2D eigenvalue weighted by molar-refractivity contribution is -0.146. The molecule has 39 heavy (non-hydrogen) atoms. The summed E-state index contributed by atoms with van der Waals surface area (Å²) >= 11 is 0. The van der Waals surface area contributed by atoms with Crippen LogP contribution in [0.3, 0.4) is 0 Å². The maximum atomic E-state index is 14.6. The zero-order chi connectivity index (χ0) is 27.5. The molecular formula is C31H35N3O5. The predicted octanol–water partition coefficient (Wildman–Crippen LogP) is 2.76. The lowest BCUT2D eigenvalue weighted by Gasteiger charge is -2.39. The van der Waals surface area contributed by atoms with E-state index in [2.05, 4.69) is 0 Å². The van der Waals surface area contributed by atoms with E-state index in [9.17, 15) is 19.5 Å². The summed E-state index contributed by atoms with van der Waals surface area (Å²) in [6.45, 7) is 4.51. The number of nitrogens with zero attached hydrogens (tertiary/aromatic N) is 3. The maximum absolute atomic E-state index is 14.6. The average molecular weight is 530 g/mol. The third-order valence-corrected chi connectivity index (χ3v) is 8.69. The van der Waals surface area contributed by atoms with Gasteiger partial charge >= 0.3 is 0 Å².